The van der Waals surface area contributed by atoms with E-state index in [4.69, 9.17) is 37.0 Å². The molecule has 0 aromatic rings. The van der Waals surface area contributed by atoms with E-state index in [0.29, 0.717) is 31.6 Å². The summed E-state index contributed by atoms with van der Waals surface area (Å²) < 4.78 is 68.0. The SMILES string of the molecule is CCCCCCCCCCCCCCC(=O)OC[C@H](COP(=O)(O)OC[C@@H](O)COP(=O)(O)OC[C@@H](COC(=O)CCCCCCCCC(C)C)OC(=O)CCCCCCCCCCC(C)C)OC(=O)CCCCCCCCCCCC(C)C. The molecule has 0 aliphatic carbocycles. The predicted octanol–water partition coefficient (Wildman–Crippen LogP) is 17.9. The maximum Gasteiger partial charge on any atom is 0.472 e. The molecule has 0 radical (unpaired) electrons. The number of esters is 4. The molecule has 3 N–H and O–H groups in total. The van der Waals surface area contributed by atoms with Crippen LogP contribution in [0.5, 0.6) is 0 Å². The molecule has 0 spiro atoms. The first-order valence-electron chi connectivity index (χ1n) is 33.8. The lowest BCUT2D eigenvalue weighted by molar-refractivity contribution is -0.161. The summed E-state index contributed by atoms with van der Waals surface area (Å²) >= 11 is 0. The lowest BCUT2D eigenvalue weighted by Gasteiger charge is -2.21. The Morgan fingerprint density at radius 1 is 0.321 bits per heavy atom. The van der Waals surface area contributed by atoms with Crippen molar-refractivity contribution in [2.75, 3.05) is 39.6 Å². The number of aliphatic hydroxyl groups excluding tert-OH is 1. The molecule has 0 saturated carbocycles. The predicted molar refractivity (Wildman–Crippen MR) is 335 cm³/mol. The molecule has 0 fully saturated rings. The van der Waals surface area contributed by atoms with Gasteiger partial charge in [0.15, 0.2) is 12.2 Å². The third-order valence-corrected chi connectivity index (χ3v) is 16.8. The van der Waals surface area contributed by atoms with E-state index in [-0.39, 0.29) is 25.7 Å². The van der Waals surface area contributed by atoms with Crippen molar-refractivity contribution in [3.63, 3.8) is 0 Å². The average molecular weight is 1240 g/mol. The molecule has 0 aromatic carbocycles. The van der Waals surface area contributed by atoms with Gasteiger partial charge in [0.05, 0.1) is 26.4 Å². The Labute approximate surface area is 511 Å². The number of hydrogen-bond donors (Lipinski definition) is 3. The van der Waals surface area contributed by atoms with Crippen LogP contribution in [0.2, 0.25) is 0 Å². The van der Waals surface area contributed by atoms with E-state index < -0.39 is 97.5 Å². The zero-order valence-corrected chi connectivity index (χ0v) is 56.1. The Balaban J connectivity index is 5.25. The van der Waals surface area contributed by atoms with Crippen LogP contribution in [-0.2, 0) is 65.4 Å². The van der Waals surface area contributed by atoms with Gasteiger partial charge in [-0.1, -0.05) is 267 Å². The van der Waals surface area contributed by atoms with E-state index in [1.807, 2.05) is 0 Å². The number of phosphoric ester groups is 2. The smallest absolute Gasteiger partial charge is 0.462 e. The fraction of sp³-hybridized carbons (Fsp3) is 0.938. The highest BCUT2D eigenvalue weighted by Crippen LogP contribution is 2.45. The quantitative estimate of drug-likeness (QED) is 0.0222. The van der Waals surface area contributed by atoms with Gasteiger partial charge in [-0.05, 0) is 43.4 Å². The number of rotatable bonds is 63. The van der Waals surface area contributed by atoms with Gasteiger partial charge in [-0.25, -0.2) is 9.13 Å². The van der Waals surface area contributed by atoms with Crippen molar-refractivity contribution in [1.82, 2.24) is 0 Å². The number of carbonyl (C=O) groups is 4. The number of hydrogen-bond acceptors (Lipinski definition) is 15. The molecule has 5 atom stereocenters. The summed E-state index contributed by atoms with van der Waals surface area (Å²) in [4.78, 5) is 72.2. The highest BCUT2D eigenvalue weighted by Gasteiger charge is 2.30. The van der Waals surface area contributed by atoms with Crippen molar-refractivity contribution in [2.45, 2.75) is 336 Å². The molecular weight excluding hydrogens is 1110 g/mol. The summed E-state index contributed by atoms with van der Waals surface area (Å²) in [5.41, 5.74) is 0. The maximum absolute atomic E-state index is 13.0. The first-order chi connectivity index (χ1) is 40.2. The maximum atomic E-state index is 13.0. The van der Waals surface area contributed by atoms with Gasteiger partial charge in [0.2, 0.25) is 0 Å². The molecule has 0 heterocycles. The van der Waals surface area contributed by atoms with Crippen molar-refractivity contribution < 1.29 is 80.2 Å². The molecule has 2 unspecified atom stereocenters. The summed E-state index contributed by atoms with van der Waals surface area (Å²) in [6, 6.07) is 0. The Hall–Kier alpha value is -1.94. The van der Waals surface area contributed by atoms with Crippen LogP contribution in [0.4, 0.5) is 0 Å². The highest BCUT2D eigenvalue weighted by molar-refractivity contribution is 7.47. The number of carbonyl (C=O) groups excluding carboxylic acids is 4. The van der Waals surface area contributed by atoms with Crippen molar-refractivity contribution in [1.29, 1.82) is 0 Å². The van der Waals surface area contributed by atoms with E-state index in [9.17, 15) is 43.2 Å². The lowest BCUT2D eigenvalue weighted by Crippen LogP contribution is -2.30. The number of phosphoric acid groups is 2. The molecule has 0 saturated heterocycles. The molecule has 498 valence electrons. The summed E-state index contributed by atoms with van der Waals surface area (Å²) in [5.74, 6) is -0.00257. The van der Waals surface area contributed by atoms with E-state index in [1.165, 1.54) is 122 Å². The first kappa shape index (κ1) is 82.1. The van der Waals surface area contributed by atoms with Crippen LogP contribution in [0, 0.1) is 17.8 Å². The molecule has 17 nitrogen and oxygen atoms in total. The highest BCUT2D eigenvalue weighted by atomic mass is 31.2. The fourth-order valence-electron chi connectivity index (χ4n) is 9.66. The Morgan fingerprint density at radius 3 is 0.810 bits per heavy atom. The second kappa shape index (κ2) is 56.3. The summed E-state index contributed by atoms with van der Waals surface area (Å²) in [5, 5.41) is 10.5. The average Bonchev–Trinajstić information content (AvgIpc) is 3.44. The van der Waals surface area contributed by atoms with E-state index >= 15 is 0 Å². The topological polar surface area (TPSA) is 237 Å². The third kappa shape index (κ3) is 59.0. The second-order valence-corrected chi connectivity index (χ2v) is 27.8. The number of unbranched alkanes of at least 4 members (excludes halogenated alkanes) is 31. The van der Waals surface area contributed by atoms with Gasteiger partial charge in [-0.3, -0.25) is 37.3 Å². The van der Waals surface area contributed by atoms with Crippen molar-refractivity contribution >= 4 is 39.5 Å². The number of aliphatic hydroxyl groups is 1. The van der Waals surface area contributed by atoms with Crippen LogP contribution in [0.25, 0.3) is 0 Å². The van der Waals surface area contributed by atoms with Gasteiger partial charge < -0.3 is 33.8 Å². The molecular formula is C65H126O17P2. The Bertz CT molecular complexity index is 1660. The van der Waals surface area contributed by atoms with Gasteiger partial charge in [-0.15, -0.1) is 0 Å². The van der Waals surface area contributed by atoms with Crippen molar-refractivity contribution in [3.8, 4) is 0 Å². The lowest BCUT2D eigenvalue weighted by atomic mass is 10.0. The van der Waals surface area contributed by atoms with E-state index in [1.54, 1.807) is 0 Å². The van der Waals surface area contributed by atoms with Crippen LogP contribution in [-0.4, -0.2) is 96.7 Å². The normalized spacial score (nSPS) is 14.3. The molecule has 84 heavy (non-hydrogen) atoms. The van der Waals surface area contributed by atoms with E-state index in [0.717, 1.165) is 108 Å². The monoisotopic (exact) mass is 1240 g/mol. The second-order valence-electron chi connectivity index (χ2n) is 24.9. The van der Waals surface area contributed by atoms with Gasteiger partial charge in [0.1, 0.15) is 19.3 Å². The van der Waals surface area contributed by atoms with Crippen molar-refractivity contribution in [3.05, 3.63) is 0 Å². The first-order valence-corrected chi connectivity index (χ1v) is 36.8. The minimum absolute atomic E-state index is 0.103. The molecule has 0 rings (SSSR count). The zero-order valence-electron chi connectivity index (χ0n) is 54.4. The Kier molecular flexibility index (Phi) is 55.0. The Morgan fingerprint density at radius 2 is 0.548 bits per heavy atom. The van der Waals surface area contributed by atoms with Crippen LogP contribution in [0.15, 0.2) is 0 Å². The van der Waals surface area contributed by atoms with Crippen LogP contribution in [0.3, 0.4) is 0 Å². The van der Waals surface area contributed by atoms with Gasteiger partial charge >= 0.3 is 39.5 Å². The van der Waals surface area contributed by atoms with E-state index in [2.05, 4.69) is 48.5 Å². The minimum Gasteiger partial charge on any atom is -0.462 e. The molecule has 0 amide bonds. The molecule has 19 heteroatoms. The van der Waals surface area contributed by atoms with Crippen LogP contribution >= 0.6 is 15.6 Å². The standard InChI is InChI=1S/C65H126O17P2/c1-8-9-10-11-12-13-14-15-18-24-32-39-46-62(67)75-52-60(81-64(69)48-41-34-25-19-16-17-22-29-36-43-56(2)3)54-79-83(71,72)77-50-59(66)51-78-84(73,74)80-55-61(53-76-63(68)47-40-33-28-27-31-38-45-58(6)7)82-65(70)49-42-35-26-21-20-23-30-37-44-57(4)5/h56-61,66H,8-55H2,1-7H3,(H,71,72)(H,73,74)/t59-,60-,61-/m1/s1. The van der Waals surface area contributed by atoms with Gasteiger partial charge in [0, 0.05) is 25.7 Å². The molecule has 0 aliphatic heterocycles. The van der Waals surface area contributed by atoms with Crippen molar-refractivity contribution in [2.24, 2.45) is 17.8 Å². The summed E-state index contributed by atoms with van der Waals surface area (Å²) in [7, 11) is -9.89. The molecule has 0 bridgehead atoms. The zero-order chi connectivity index (χ0) is 62.4. The molecule has 0 aliphatic rings. The third-order valence-electron chi connectivity index (χ3n) is 14.9. The summed E-state index contributed by atoms with van der Waals surface area (Å²) in [6.45, 7) is 11.7. The minimum atomic E-state index is -4.95. The molecule has 0 aromatic heterocycles. The largest absolute Gasteiger partial charge is 0.472 e. The fourth-order valence-corrected chi connectivity index (χ4v) is 11.2. The van der Waals surface area contributed by atoms with Gasteiger partial charge in [-0.2, -0.15) is 0 Å². The van der Waals surface area contributed by atoms with Gasteiger partial charge in [0.25, 0.3) is 0 Å². The van der Waals surface area contributed by atoms with Crippen LogP contribution in [0.1, 0.15) is 318 Å². The summed E-state index contributed by atoms with van der Waals surface area (Å²) in [6.07, 6.45) is 37.7. The van der Waals surface area contributed by atoms with Crippen LogP contribution < -0.4 is 0 Å². The number of ether oxygens (including phenoxy) is 4.